The van der Waals surface area contributed by atoms with Crippen molar-refractivity contribution in [2.75, 3.05) is 0 Å². The molecule has 0 heterocycles. The fourth-order valence-electron chi connectivity index (χ4n) is 5.65. The molecule has 0 atom stereocenters. The maximum absolute atomic E-state index is 2.53. The summed E-state index contributed by atoms with van der Waals surface area (Å²) < 4.78 is 4.83. The van der Waals surface area contributed by atoms with Gasteiger partial charge in [0.1, 0.15) is 0 Å². The Morgan fingerprint density at radius 2 is 0.595 bits per heavy atom. The van der Waals surface area contributed by atoms with Gasteiger partial charge in [-0.2, -0.15) is 0 Å². The second-order valence-electron chi connectivity index (χ2n) is 13.0. The summed E-state index contributed by atoms with van der Waals surface area (Å²) in [5, 5.41) is 0. The highest BCUT2D eigenvalue weighted by atomic mass is 27.2. The molecule has 0 fully saturated rings. The molecule has 0 nitrogen and oxygen atoms in total. The average molecular weight is 511 g/mol. The molecule has 3 rings (SSSR count). The van der Waals surface area contributed by atoms with E-state index in [4.69, 9.17) is 0 Å². The van der Waals surface area contributed by atoms with Crippen molar-refractivity contribution in [3.05, 3.63) is 88.0 Å². The Morgan fingerprint density at radius 1 is 0.351 bits per heavy atom. The van der Waals surface area contributed by atoms with Gasteiger partial charge in [0.25, 0.3) is 0 Å². The second kappa shape index (κ2) is 12.4. The molecule has 0 aliphatic heterocycles. The fourth-order valence-corrected chi connectivity index (χ4v) is 9.77. The summed E-state index contributed by atoms with van der Waals surface area (Å²) in [5.74, 6) is 3.12. The molecule has 0 saturated carbocycles. The first kappa shape index (κ1) is 29.7. The summed E-state index contributed by atoms with van der Waals surface area (Å²) in [5.41, 5.74) is 9.02. The van der Waals surface area contributed by atoms with E-state index in [0.29, 0.717) is 35.5 Å². The lowest BCUT2D eigenvalue weighted by Gasteiger charge is -2.28. The van der Waals surface area contributed by atoms with Gasteiger partial charge >= 0.3 is 14.1 Å². The minimum atomic E-state index is -1.75. The zero-order valence-electron chi connectivity index (χ0n) is 25.7. The number of hydrogen-bond donors (Lipinski definition) is 0. The van der Waals surface area contributed by atoms with Crippen LogP contribution in [0.3, 0.4) is 0 Å². The number of hydrogen-bond acceptors (Lipinski definition) is 0. The monoisotopic (exact) mass is 510 g/mol. The molecule has 0 aliphatic rings. The molecule has 0 bridgehead atoms. The quantitative estimate of drug-likeness (QED) is 0.252. The van der Waals surface area contributed by atoms with Crippen molar-refractivity contribution in [3.63, 3.8) is 0 Å². The third-order valence-electron chi connectivity index (χ3n) is 8.13. The molecule has 0 amide bonds. The van der Waals surface area contributed by atoms with Crippen molar-refractivity contribution in [2.24, 2.45) is 0 Å². The van der Waals surface area contributed by atoms with Gasteiger partial charge in [0, 0.05) is 0 Å². The van der Waals surface area contributed by atoms with Crippen LogP contribution in [-0.2, 0) is 0 Å². The van der Waals surface area contributed by atoms with Crippen molar-refractivity contribution in [1.29, 1.82) is 0 Å². The molecule has 0 saturated heterocycles. The highest BCUT2D eigenvalue weighted by Crippen LogP contribution is 2.26. The van der Waals surface area contributed by atoms with E-state index in [-0.39, 0.29) is 0 Å². The molecular weight excluding hydrogens is 459 g/mol. The normalized spacial score (nSPS) is 12.2. The predicted octanol–water partition coefficient (Wildman–Crippen LogP) is 8.94. The SMILES string of the molecule is CC(C)c1cc[c]([Al]([c]2ccc(C(C)C)cc2C(C)C)[c]2ccc(C(C)C)cc2C(C)C)c(C(C)C)c1. The van der Waals surface area contributed by atoms with Crippen LogP contribution in [0.1, 0.15) is 152 Å². The second-order valence-corrected chi connectivity index (χ2v) is 15.8. The van der Waals surface area contributed by atoms with Crippen LogP contribution < -0.4 is 13.3 Å². The predicted molar refractivity (Wildman–Crippen MR) is 169 cm³/mol. The third kappa shape index (κ3) is 6.61. The lowest BCUT2D eigenvalue weighted by Crippen LogP contribution is -2.56. The lowest BCUT2D eigenvalue weighted by atomic mass is 9.95. The van der Waals surface area contributed by atoms with Gasteiger partial charge in [0.05, 0.1) is 0 Å². The van der Waals surface area contributed by atoms with Gasteiger partial charge in [-0.15, -0.1) is 0 Å². The van der Waals surface area contributed by atoms with Crippen LogP contribution >= 0.6 is 0 Å². The van der Waals surface area contributed by atoms with Crippen LogP contribution in [0, 0.1) is 0 Å². The van der Waals surface area contributed by atoms with Crippen LogP contribution in [0.2, 0.25) is 0 Å². The first-order valence-corrected chi connectivity index (χ1v) is 16.5. The molecule has 3 aromatic carbocycles. The first-order valence-electron chi connectivity index (χ1n) is 14.7. The average Bonchev–Trinajstić information content (AvgIpc) is 2.83. The third-order valence-corrected chi connectivity index (χ3v) is 11.6. The maximum Gasteiger partial charge on any atom is 0.384 e. The molecule has 198 valence electrons. The summed E-state index contributed by atoms with van der Waals surface area (Å²) in [4.78, 5) is 0. The molecule has 0 radical (unpaired) electrons. The Labute approximate surface area is 233 Å². The molecule has 0 N–H and O–H groups in total. The standard InChI is InChI=1S/3C12H17.Al/c3*1-9(2)11-6-5-7-12(8-11)10(3)4;/h3*5-6,8-10H,1-4H3;. The Kier molecular flexibility index (Phi) is 9.94. The molecule has 0 aromatic heterocycles. The minimum Gasteiger partial charge on any atom is -0.0952 e. The van der Waals surface area contributed by atoms with E-state index < -0.39 is 14.1 Å². The van der Waals surface area contributed by atoms with Gasteiger partial charge in [-0.1, -0.05) is 168 Å². The Balaban J connectivity index is 2.44. The fraction of sp³-hybridized carbons (Fsp3) is 0.500. The van der Waals surface area contributed by atoms with E-state index >= 15 is 0 Å². The Bertz CT molecular complexity index is 1040. The Morgan fingerprint density at radius 3 is 0.784 bits per heavy atom. The summed E-state index contributed by atoms with van der Waals surface area (Å²) in [6.07, 6.45) is 0. The van der Waals surface area contributed by atoms with Crippen LogP contribution in [0.4, 0.5) is 0 Å². The Hall–Kier alpha value is -1.81. The maximum atomic E-state index is 2.53. The smallest absolute Gasteiger partial charge is 0.0952 e. The van der Waals surface area contributed by atoms with Gasteiger partial charge in [-0.3, -0.25) is 0 Å². The van der Waals surface area contributed by atoms with Crippen molar-refractivity contribution in [1.82, 2.24) is 0 Å². The highest BCUT2D eigenvalue weighted by Gasteiger charge is 2.33. The molecule has 1 heteroatoms. The lowest BCUT2D eigenvalue weighted by molar-refractivity contribution is 0.835. The van der Waals surface area contributed by atoms with Crippen molar-refractivity contribution in [3.8, 4) is 0 Å². The molecule has 3 aromatic rings. The van der Waals surface area contributed by atoms with Gasteiger partial charge in [-0.25, -0.2) is 0 Å². The zero-order chi connectivity index (χ0) is 27.6. The first-order chi connectivity index (χ1) is 17.3. The molecule has 37 heavy (non-hydrogen) atoms. The minimum absolute atomic E-state index is 0.499. The topological polar surface area (TPSA) is 0 Å². The number of rotatable bonds is 9. The van der Waals surface area contributed by atoms with Crippen molar-refractivity contribution < 1.29 is 0 Å². The summed E-state index contributed by atoms with van der Waals surface area (Å²) in [7, 11) is 0. The van der Waals surface area contributed by atoms with E-state index in [2.05, 4.69) is 138 Å². The number of benzene rings is 3. The molecule has 0 unspecified atom stereocenters. The van der Waals surface area contributed by atoms with Gasteiger partial charge < -0.3 is 0 Å². The highest BCUT2D eigenvalue weighted by molar-refractivity contribution is 6.96. The molecule has 0 spiro atoms. The van der Waals surface area contributed by atoms with E-state index in [1.165, 1.54) is 16.7 Å². The molecule has 0 aliphatic carbocycles. The summed E-state index contributed by atoms with van der Waals surface area (Å²) in [6, 6.07) is 22.4. The van der Waals surface area contributed by atoms with Crippen LogP contribution in [0.25, 0.3) is 0 Å². The van der Waals surface area contributed by atoms with Crippen LogP contribution in [0.15, 0.2) is 54.6 Å². The van der Waals surface area contributed by atoms with E-state index in [1.54, 1.807) is 30.0 Å². The van der Waals surface area contributed by atoms with Gasteiger partial charge in [-0.05, 0) is 52.2 Å². The van der Waals surface area contributed by atoms with Gasteiger partial charge in [0.15, 0.2) is 0 Å². The summed E-state index contributed by atoms with van der Waals surface area (Å²) >= 11 is -1.75. The van der Waals surface area contributed by atoms with Crippen LogP contribution in [-0.4, -0.2) is 14.1 Å². The van der Waals surface area contributed by atoms with E-state index in [0.717, 1.165) is 0 Å². The summed E-state index contributed by atoms with van der Waals surface area (Å²) in [6.45, 7) is 28.2. The van der Waals surface area contributed by atoms with Gasteiger partial charge in [0.2, 0.25) is 0 Å². The van der Waals surface area contributed by atoms with Crippen LogP contribution in [0.5, 0.6) is 0 Å². The van der Waals surface area contributed by atoms with E-state index in [1.807, 2.05) is 0 Å². The van der Waals surface area contributed by atoms with Crippen molar-refractivity contribution >= 4 is 27.4 Å². The molecular formula is C36H51Al. The van der Waals surface area contributed by atoms with Crippen molar-refractivity contribution in [2.45, 2.75) is 119 Å². The van der Waals surface area contributed by atoms with E-state index in [9.17, 15) is 0 Å². The zero-order valence-corrected chi connectivity index (χ0v) is 26.9. The largest absolute Gasteiger partial charge is 0.384 e.